The third-order valence-corrected chi connectivity index (χ3v) is 5.12. The van der Waals surface area contributed by atoms with Crippen molar-refractivity contribution in [3.63, 3.8) is 0 Å². The lowest BCUT2D eigenvalue weighted by molar-refractivity contribution is -0.146. The van der Waals surface area contributed by atoms with E-state index in [0.717, 1.165) is 12.8 Å². The van der Waals surface area contributed by atoms with Gasteiger partial charge in [0.25, 0.3) is 0 Å². The maximum atomic E-state index is 12.3. The van der Waals surface area contributed by atoms with Crippen molar-refractivity contribution in [2.45, 2.75) is 58.4 Å². The van der Waals surface area contributed by atoms with Gasteiger partial charge < -0.3 is 10.4 Å². The zero-order valence-electron chi connectivity index (χ0n) is 11.9. The molecule has 0 aliphatic heterocycles. The molecule has 4 atom stereocenters. The predicted molar refractivity (Wildman–Crippen MR) is 72.6 cm³/mol. The number of rotatable bonds is 5. The molecule has 1 amide bonds. The first-order chi connectivity index (χ1) is 9.02. The zero-order valence-corrected chi connectivity index (χ0v) is 11.9. The quantitative estimate of drug-likeness (QED) is 0.804. The molecule has 0 spiro atoms. The van der Waals surface area contributed by atoms with E-state index in [4.69, 9.17) is 0 Å². The van der Waals surface area contributed by atoms with Crippen LogP contribution in [0.5, 0.6) is 0 Å². The molecule has 2 rings (SSSR count). The van der Waals surface area contributed by atoms with Crippen molar-refractivity contribution in [2.75, 3.05) is 0 Å². The Hall–Kier alpha value is -1.06. The van der Waals surface area contributed by atoms with Gasteiger partial charge in [0.15, 0.2) is 0 Å². The van der Waals surface area contributed by atoms with Crippen LogP contribution in [0.4, 0.5) is 0 Å². The van der Waals surface area contributed by atoms with E-state index in [9.17, 15) is 14.7 Å². The Kier molecular flexibility index (Phi) is 4.48. The Bertz CT molecular complexity index is 351. The van der Waals surface area contributed by atoms with E-state index in [1.165, 1.54) is 19.3 Å². The van der Waals surface area contributed by atoms with Crippen molar-refractivity contribution in [2.24, 2.45) is 23.7 Å². The molecule has 4 unspecified atom stereocenters. The summed E-state index contributed by atoms with van der Waals surface area (Å²) in [5.41, 5.74) is 0. The second-order valence-electron chi connectivity index (χ2n) is 6.29. The fourth-order valence-corrected chi connectivity index (χ4v) is 3.43. The van der Waals surface area contributed by atoms with Crippen LogP contribution in [0.1, 0.15) is 52.4 Å². The van der Waals surface area contributed by atoms with E-state index < -0.39 is 11.9 Å². The van der Waals surface area contributed by atoms with Crippen molar-refractivity contribution in [1.82, 2.24) is 5.32 Å². The maximum absolute atomic E-state index is 12.3. The Morgan fingerprint density at radius 2 is 1.89 bits per heavy atom. The van der Waals surface area contributed by atoms with Crippen LogP contribution in [-0.2, 0) is 9.59 Å². The molecule has 4 nitrogen and oxygen atoms in total. The van der Waals surface area contributed by atoms with Gasteiger partial charge in [0.05, 0.1) is 11.8 Å². The number of hydrogen-bond acceptors (Lipinski definition) is 2. The first-order valence-corrected chi connectivity index (χ1v) is 7.56. The van der Waals surface area contributed by atoms with Crippen LogP contribution in [0.2, 0.25) is 0 Å². The summed E-state index contributed by atoms with van der Waals surface area (Å²) in [4.78, 5) is 23.6. The van der Waals surface area contributed by atoms with E-state index in [1.807, 2.05) is 6.92 Å². The monoisotopic (exact) mass is 267 g/mol. The van der Waals surface area contributed by atoms with Crippen LogP contribution in [0.15, 0.2) is 0 Å². The van der Waals surface area contributed by atoms with Crippen LogP contribution in [-0.4, -0.2) is 23.0 Å². The minimum Gasteiger partial charge on any atom is -0.481 e. The molecular formula is C15H25NO3. The van der Waals surface area contributed by atoms with Gasteiger partial charge in [0.2, 0.25) is 5.91 Å². The topological polar surface area (TPSA) is 66.4 Å². The fourth-order valence-electron chi connectivity index (χ4n) is 3.43. The highest BCUT2D eigenvalue weighted by atomic mass is 16.4. The first kappa shape index (κ1) is 14.4. The molecule has 0 aromatic heterocycles. The largest absolute Gasteiger partial charge is 0.481 e. The van der Waals surface area contributed by atoms with Crippen LogP contribution >= 0.6 is 0 Å². The number of aliphatic carboxylic acids is 1. The lowest BCUT2D eigenvalue weighted by atomic mass is 9.80. The molecule has 0 heterocycles. The smallest absolute Gasteiger partial charge is 0.307 e. The van der Waals surface area contributed by atoms with Crippen molar-refractivity contribution in [1.29, 1.82) is 0 Å². The molecule has 2 saturated carbocycles. The molecule has 2 fully saturated rings. The van der Waals surface area contributed by atoms with Gasteiger partial charge in [0.1, 0.15) is 0 Å². The molecule has 0 bridgehead atoms. The van der Waals surface area contributed by atoms with Gasteiger partial charge in [-0.3, -0.25) is 9.59 Å². The second-order valence-corrected chi connectivity index (χ2v) is 6.29. The summed E-state index contributed by atoms with van der Waals surface area (Å²) in [5, 5.41) is 12.3. The van der Waals surface area contributed by atoms with Crippen molar-refractivity contribution in [3.8, 4) is 0 Å². The number of amides is 1. The summed E-state index contributed by atoms with van der Waals surface area (Å²) in [5.74, 6) is -0.690. The van der Waals surface area contributed by atoms with Gasteiger partial charge in [-0.15, -0.1) is 0 Å². The molecule has 0 radical (unpaired) electrons. The average molecular weight is 267 g/mol. The molecule has 4 heteroatoms. The maximum Gasteiger partial charge on any atom is 0.307 e. The third kappa shape index (κ3) is 3.10. The Morgan fingerprint density at radius 3 is 2.37 bits per heavy atom. The third-order valence-electron chi connectivity index (χ3n) is 5.12. The van der Waals surface area contributed by atoms with E-state index in [0.29, 0.717) is 18.3 Å². The van der Waals surface area contributed by atoms with Crippen LogP contribution in [0.3, 0.4) is 0 Å². The number of nitrogens with one attached hydrogen (secondary N) is 1. The minimum absolute atomic E-state index is 0.0391. The molecule has 2 N–H and O–H groups in total. The molecular weight excluding hydrogens is 242 g/mol. The number of carboxylic acid groups (broad SMARTS) is 1. The number of carboxylic acids is 1. The van der Waals surface area contributed by atoms with Gasteiger partial charge in [-0.1, -0.05) is 19.8 Å². The van der Waals surface area contributed by atoms with E-state index in [1.54, 1.807) is 0 Å². The second kappa shape index (κ2) is 5.93. The summed E-state index contributed by atoms with van der Waals surface area (Å²) in [6, 6.07) is 0.191. The summed E-state index contributed by atoms with van der Waals surface area (Å²) in [7, 11) is 0. The molecule has 0 saturated heterocycles. The molecule has 2 aliphatic carbocycles. The molecule has 19 heavy (non-hydrogen) atoms. The fraction of sp³-hybridized carbons (Fsp3) is 0.867. The molecule has 0 aromatic carbocycles. The average Bonchev–Trinajstić information content (AvgIpc) is 2.70. The highest BCUT2D eigenvalue weighted by Gasteiger charge is 2.42. The van der Waals surface area contributed by atoms with Crippen molar-refractivity contribution in [3.05, 3.63) is 0 Å². The number of carbonyl (C=O) groups excluding carboxylic acids is 1. The van der Waals surface area contributed by atoms with Crippen molar-refractivity contribution >= 4 is 11.9 Å². The van der Waals surface area contributed by atoms with Crippen molar-refractivity contribution < 1.29 is 14.7 Å². The zero-order chi connectivity index (χ0) is 14.0. The van der Waals surface area contributed by atoms with Gasteiger partial charge in [-0.05, 0) is 44.4 Å². The Balaban J connectivity index is 1.94. The van der Waals surface area contributed by atoms with E-state index in [2.05, 4.69) is 12.2 Å². The molecule has 0 aromatic rings. The van der Waals surface area contributed by atoms with E-state index >= 15 is 0 Å². The van der Waals surface area contributed by atoms with Gasteiger partial charge in [-0.25, -0.2) is 0 Å². The summed E-state index contributed by atoms with van der Waals surface area (Å²) >= 11 is 0. The molecule has 2 aliphatic rings. The Morgan fingerprint density at radius 1 is 1.26 bits per heavy atom. The highest BCUT2D eigenvalue weighted by Crippen LogP contribution is 2.39. The van der Waals surface area contributed by atoms with Crippen LogP contribution in [0, 0.1) is 23.7 Å². The van der Waals surface area contributed by atoms with Crippen LogP contribution in [0.25, 0.3) is 0 Å². The predicted octanol–water partition coefficient (Wildman–Crippen LogP) is 2.43. The SMILES string of the molecule is CCC1CC(C(=O)O)C(C(=O)NC(C)C2CCC2)C1. The first-order valence-electron chi connectivity index (χ1n) is 7.56. The van der Waals surface area contributed by atoms with E-state index in [-0.39, 0.29) is 17.9 Å². The lowest BCUT2D eigenvalue weighted by Gasteiger charge is -2.32. The minimum atomic E-state index is -0.813. The van der Waals surface area contributed by atoms with Gasteiger partial charge in [-0.2, -0.15) is 0 Å². The van der Waals surface area contributed by atoms with Gasteiger partial charge in [0, 0.05) is 6.04 Å². The Labute approximate surface area is 115 Å². The summed E-state index contributed by atoms with van der Waals surface area (Å²) in [6.45, 7) is 4.12. The number of carbonyl (C=O) groups is 2. The summed E-state index contributed by atoms with van der Waals surface area (Å²) < 4.78 is 0. The summed E-state index contributed by atoms with van der Waals surface area (Å²) in [6.07, 6.45) is 5.98. The molecule has 108 valence electrons. The highest BCUT2D eigenvalue weighted by molar-refractivity contribution is 5.85. The van der Waals surface area contributed by atoms with Crippen LogP contribution < -0.4 is 5.32 Å². The van der Waals surface area contributed by atoms with Gasteiger partial charge >= 0.3 is 5.97 Å². The normalized spacial score (nSPS) is 32.6. The standard InChI is InChI=1S/C15H25NO3/c1-3-10-7-12(13(8-10)15(18)19)14(17)16-9(2)11-5-4-6-11/h9-13H,3-8H2,1-2H3,(H,16,17)(H,18,19). The lowest BCUT2D eigenvalue weighted by Crippen LogP contribution is -2.44. The number of hydrogen-bond donors (Lipinski definition) is 2.